The Hall–Kier alpha value is -0.123. The molecule has 0 aromatic heterocycles. The molecule has 0 spiro atoms. The summed E-state index contributed by atoms with van der Waals surface area (Å²) >= 11 is 0. The molecule has 0 aliphatic carbocycles. The Morgan fingerprint density at radius 3 is 2.25 bits per heavy atom. The molecule has 0 radical (unpaired) electrons. The summed E-state index contributed by atoms with van der Waals surface area (Å²) in [6.45, 7) is 5.82. The van der Waals surface area contributed by atoms with Crippen LogP contribution >= 0.6 is 0 Å². The van der Waals surface area contributed by atoms with Crippen LogP contribution in [0.3, 0.4) is 0 Å². The van der Waals surface area contributed by atoms with Gasteiger partial charge in [-0.3, -0.25) is 0 Å². The summed E-state index contributed by atoms with van der Waals surface area (Å²) in [7, 11) is 1.71. The first-order chi connectivity index (χ1) is 5.74. The monoisotopic (exact) mass is 188 g/mol. The Morgan fingerprint density at radius 1 is 1.33 bits per heavy atom. The Labute approximate surface area is 76.8 Å². The van der Waals surface area contributed by atoms with Gasteiger partial charge in [0.15, 0.2) is 0 Å². The van der Waals surface area contributed by atoms with Crippen LogP contribution in [-0.4, -0.2) is 22.8 Å². The molecule has 0 N–H and O–H groups in total. The maximum atomic E-state index is 5.47. The van der Waals surface area contributed by atoms with Crippen LogP contribution in [0.4, 0.5) is 0 Å². The Kier molecular flexibility index (Phi) is 6.33. The molecule has 0 unspecified atom stereocenters. The topological polar surface area (TPSA) is 18.5 Å². The lowest BCUT2D eigenvalue weighted by Crippen LogP contribution is -2.38. The SMILES string of the molecule is C=CCCC[Si](CC)(OC)OC. The van der Waals surface area contributed by atoms with Crippen molar-refractivity contribution in [2.45, 2.75) is 31.9 Å². The van der Waals surface area contributed by atoms with Crippen LogP contribution in [0.2, 0.25) is 12.1 Å². The molecule has 0 rings (SSSR count). The minimum absolute atomic E-state index is 1.02. The van der Waals surface area contributed by atoms with Crippen LogP contribution in [0.1, 0.15) is 19.8 Å². The highest BCUT2D eigenvalue weighted by molar-refractivity contribution is 6.67. The van der Waals surface area contributed by atoms with E-state index in [0.29, 0.717) is 0 Å². The van der Waals surface area contributed by atoms with Gasteiger partial charge in [-0.05, 0) is 24.9 Å². The summed E-state index contributed by atoms with van der Waals surface area (Å²) in [6.07, 6.45) is 4.13. The molecule has 0 aromatic rings. The first-order valence-corrected chi connectivity index (χ1v) is 6.69. The summed E-state index contributed by atoms with van der Waals surface area (Å²) < 4.78 is 10.9. The van der Waals surface area contributed by atoms with Gasteiger partial charge in [0.2, 0.25) is 0 Å². The summed E-state index contributed by atoms with van der Waals surface area (Å²) in [5.74, 6) is 0. The molecule has 0 atom stereocenters. The van der Waals surface area contributed by atoms with Crippen molar-refractivity contribution in [3.63, 3.8) is 0 Å². The fourth-order valence-corrected chi connectivity index (χ4v) is 3.52. The number of hydrogen-bond acceptors (Lipinski definition) is 2. The quantitative estimate of drug-likeness (QED) is 0.347. The van der Waals surface area contributed by atoms with E-state index in [2.05, 4.69) is 13.5 Å². The second kappa shape index (κ2) is 6.40. The van der Waals surface area contributed by atoms with E-state index in [1.54, 1.807) is 14.2 Å². The van der Waals surface area contributed by atoms with Gasteiger partial charge < -0.3 is 8.85 Å². The van der Waals surface area contributed by atoms with Gasteiger partial charge in [0.1, 0.15) is 0 Å². The zero-order chi connectivity index (χ0) is 9.45. The third-order valence-electron chi connectivity index (χ3n) is 2.25. The van der Waals surface area contributed by atoms with Gasteiger partial charge in [-0.15, -0.1) is 6.58 Å². The van der Waals surface area contributed by atoms with Crippen molar-refractivity contribution >= 4 is 8.56 Å². The van der Waals surface area contributed by atoms with Crippen LogP contribution in [0.5, 0.6) is 0 Å². The van der Waals surface area contributed by atoms with E-state index in [-0.39, 0.29) is 0 Å². The molecule has 12 heavy (non-hydrogen) atoms. The van der Waals surface area contributed by atoms with E-state index in [9.17, 15) is 0 Å². The average Bonchev–Trinajstić information content (AvgIpc) is 2.14. The van der Waals surface area contributed by atoms with E-state index >= 15 is 0 Å². The maximum absolute atomic E-state index is 5.47. The second-order valence-electron chi connectivity index (χ2n) is 2.85. The van der Waals surface area contributed by atoms with Gasteiger partial charge in [-0.2, -0.15) is 0 Å². The van der Waals surface area contributed by atoms with E-state index in [1.807, 2.05) is 6.08 Å². The molecule has 72 valence electrons. The molecule has 0 aromatic carbocycles. The zero-order valence-corrected chi connectivity index (χ0v) is 9.43. The highest BCUT2D eigenvalue weighted by atomic mass is 28.4. The molecule has 3 heteroatoms. The van der Waals surface area contributed by atoms with Gasteiger partial charge in [0.05, 0.1) is 0 Å². The number of rotatable bonds is 7. The predicted molar refractivity (Wildman–Crippen MR) is 54.5 cm³/mol. The lowest BCUT2D eigenvalue weighted by atomic mass is 10.3. The van der Waals surface area contributed by atoms with Crippen molar-refractivity contribution in [1.82, 2.24) is 0 Å². The van der Waals surface area contributed by atoms with E-state index in [4.69, 9.17) is 8.85 Å². The molecule has 0 saturated heterocycles. The molecule has 2 nitrogen and oxygen atoms in total. The van der Waals surface area contributed by atoms with Crippen LogP contribution in [0.25, 0.3) is 0 Å². The second-order valence-corrected chi connectivity index (χ2v) is 6.70. The van der Waals surface area contributed by atoms with Crippen molar-refractivity contribution in [2.24, 2.45) is 0 Å². The van der Waals surface area contributed by atoms with Gasteiger partial charge in [-0.25, -0.2) is 0 Å². The van der Waals surface area contributed by atoms with Gasteiger partial charge in [0.25, 0.3) is 0 Å². The molecule has 0 amide bonds. The van der Waals surface area contributed by atoms with E-state index in [0.717, 1.165) is 24.9 Å². The van der Waals surface area contributed by atoms with Crippen LogP contribution < -0.4 is 0 Å². The van der Waals surface area contributed by atoms with Crippen molar-refractivity contribution in [3.05, 3.63) is 12.7 Å². The van der Waals surface area contributed by atoms with Crippen LogP contribution in [0.15, 0.2) is 12.7 Å². The van der Waals surface area contributed by atoms with E-state index < -0.39 is 8.56 Å². The summed E-state index contributed by atoms with van der Waals surface area (Å²) in [6, 6.07) is 2.10. The molecular formula is C9H20O2Si. The van der Waals surface area contributed by atoms with E-state index in [1.165, 1.54) is 0 Å². The van der Waals surface area contributed by atoms with Gasteiger partial charge in [-0.1, -0.05) is 13.0 Å². The average molecular weight is 188 g/mol. The van der Waals surface area contributed by atoms with Crippen molar-refractivity contribution < 1.29 is 8.85 Å². The summed E-state index contributed by atoms with van der Waals surface area (Å²) in [5, 5.41) is 0. The molecule has 0 aliphatic heterocycles. The third-order valence-corrected chi connectivity index (χ3v) is 5.93. The Bertz CT molecular complexity index is 113. The maximum Gasteiger partial charge on any atom is 0.337 e. The Morgan fingerprint density at radius 2 is 1.92 bits per heavy atom. The molecule has 0 heterocycles. The van der Waals surface area contributed by atoms with Crippen molar-refractivity contribution in [1.29, 1.82) is 0 Å². The van der Waals surface area contributed by atoms with Crippen molar-refractivity contribution in [2.75, 3.05) is 14.2 Å². The normalized spacial score (nSPS) is 11.6. The zero-order valence-electron chi connectivity index (χ0n) is 8.43. The van der Waals surface area contributed by atoms with Crippen molar-refractivity contribution in [3.8, 4) is 0 Å². The molecule has 0 saturated carbocycles. The largest absolute Gasteiger partial charge is 0.398 e. The van der Waals surface area contributed by atoms with Crippen LogP contribution in [-0.2, 0) is 8.85 Å². The standard InChI is InChI=1S/C9H20O2Si/c1-5-7-8-9-12(6-2,10-3)11-4/h5H,1,6-9H2,2-4H3. The first-order valence-electron chi connectivity index (χ1n) is 4.46. The number of allylic oxidation sites excluding steroid dienone is 1. The lowest BCUT2D eigenvalue weighted by molar-refractivity contribution is 0.242. The lowest BCUT2D eigenvalue weighted by Gasteiger charge is -2.25. The van der Waals surface area contributed by atoms with Gasteiger partial charge >= 0.3 is 8.56 Å². The fourth-order valence-electron chi connectivity index (χ4n) is 1.27. The fraction of sp³-hybridized carbons (Fsp3) is 0.778. The highest BCUT2D eigenvalue weighted by Crippen LogP contribution is 2.19. The molecule has 0 fully saturated rings. The summed E-state index contributed by atoms with van der Waals surface area (Å²) in [5.41, 5.74) is 0. The highest BCUT2D eigenvalue weighted by Gasteiger charge is 2.31. The first kappa shape index (κ1) is 11.9. The summed E-state index contributed by atoms with van der Waals surface area (Å²) in [4.78, 5) is 0. The minimum Gasteiger partial charge on any atom is -0.398 e. The number of hydrogen-bond donors (Lipinski definition) is 0. The van der Waals surface area contributed by atoms with Gasteiger partial charge in [0, 0.05) is 14.2 Å². The minimum atomic E-state index is -1.80. The Balaban J connectivity index is 3.84. The smallest absolute Gasteiger partial charge is 0.337 e. The third kappa shape index (κ3) is 3.52. The number of unbranched alkanes of at least 4 members (excludes halogenated alkanes) is 1. The molecule has 0 aliphatic rings. The predicted octanol–water partition coefficient (Wildman–Crippen LogP) is 2.71. The van der Waals surface area contributed by atoms with Crippen LogP contribution in [0, 0.1) is 0 Å². The molecule has 0 bridgehead atoms. The molecular weight excluding hydrogens is 168 g/mol.